The molecule has 0 bridgehead atoms. The van der Waals surface area contributed by atoms with Gasteiger partial charge in [0.05, 0.1) is 12.2 Å². The van der Waals surface area contributed by atoms with Gasteiger partial charge in [0.25, 0.3) is 0 Å². The number of hydrogen-bond donors (Lipinski definition) is 1. The molecule has 2 rings (SSSR count). The van der Waals surface area contributed by atoms with Crippen LogP contribution in [0.5, 0.6) is 0 Å². The molecule has 1 heterocycles. The van der Waals surface area contributed by atoms with Crippen LogP contribution in [0.2, 0.25) is 0 Å². The highest BCUT2D eigenvalue weighted by molar-refractivity contribution is 5.16. The van der Waals surface area contributed by atoms with Crippen LogP contribution in [0.3, 0.4) is 0 Å². The van der Waals surface area contributed by atoms with E-state index in [1.165, 1.54) is 12.8 Å². The molecule has 16 heavy (non-hydrogen) atoms. The Morgan fingerprint density at radius 1 is 1.31 bits per heavy atom. The summed E-state index contributed by atoms with van der Waals surface area (Å²) in [5.41, 5.74) is 1.02. The minimum atomic E-state index is -0.317. The zero-order valence-electron chi connectivity index (χ0n) is 9.64. The van der Waals surface area contributed by atoms with Gasteiger partial charge in [0, 0.05) is 6.61 Å². The van der Waals surface area contributed by atoms with Gasteiger partial charge in [-0.2, -0.15) is 0 Å². The highest BCUT2D eigenvalue weighted by atomic mass is 16.5. The third-order valence-corrected chi connectivity index (χ3v) is 3.21. The summed E-state index contributed by atoms with van der Waals surface area (Å²) < 4.78 is 5.56. The summed E-state index contributed by atoms with van der Waals surface area (Å²) in [6.45, 7) is 0.923. The largest absolute Gasteiger partial charge is 0.388 e. The van der Waals surface area contributed by atoms with Gasteiger partial charge in [-0.25, -0.2) is 0 Å². The van der Waals surface area contributed by atoms with Crippen LogP contribution in [0.25, 0.3) is 0 Å². The zero-order chi connectivity index (χ0) is 11.2. The fourth-order valence-electron chi connectivity index (χ4n) is 2.25. The topological polar surface area (TPSA) is 29.5 Å². The van der Waals surface area contributed by atoms with E-state index < -0.39 is 0 Å². The number of aliphatic hydroxyl groups is 1. The predicted molar refractivity (Wildman–Crippen MR) is 64.2 cm³/mol. The molecule has 88 valence electrons. The lowest BCUT2D eigenvalue weighted by Crippen LogP contribution is -2.05. The second-order valence-corrected chi connectivity index (χ2v) is 4.49. The molecule has 2 atom stereocenters. The Morgan fingerprint density at radius 2 is 2.12 bits per heavy atom. The summed E-state index contributed by atoms with van der Waals surface area (Å²) in [5.74, 6) is 0. The summed E-state index contributed by atoms with van der Waals surface area (Å²) in [4.78, 5) is 0. The first kappa shape index (κ1) is 11.6. The van der Waals surface area contributed by atoms with Gasteiger partial charge in [0.2, 0.25) is 0 Å². The maximum absolute atomic E-state index is 9.95. The molecule has 1 saturated heterocycles. The number of rotatable bonds is 5. The average molecular weight is 220 g/mol. The highest BCUT2D eigenvalue weighted by Crippen LogP contribution is 2.22. The molecule has 2 heteroatoms. The first-order valence-electron chi connectivity index (χ1n) is 6.21. The molecule has 0 radical (unpaired) electrons. The minimum Gasteiger partial charge on any atom is -0.388 e. The van der Waals surface area contributed by atoms with Crippen LogP contribution in [0.1, 0.15) is 43.8 Å². The van der Waals surface area contributed by atoms with E-state index in [-0.39, 0.29) is 6.10 Å². The van der Waals surface area contributed by atoms with Crippen molar-refractivity contribution in [3.63, 3.8) is 0 Å². The van der Waals surface area contributed by atoms with E-state index in [0.29, 0.717) is 6.10 Å². The van der Waals surface area contributed by atoms with E-state index in [1.54, 1.807) is 0 Å². The van der Waals surface area contributed by atoms with Crippen molar-refractivity contribution in [3.8, 4) is 0 Å². The lowest BCUT2D eigenvalue weighted by atomic mass is 10.0. The zero-order valence-corrected chi connectivity index (χ0v) is 9.64. The van der Waals surface area contributed by atoms with E-state index in [2.05, 4.69) is 0 Å². The summed E-state index contributed by atoms with van der Waals surface area (Å²) in [7, 11) is 0. The molecule has 1 aliphatic rings. The molecule has 1 N–H and O–H groups in total. The minimum absolute atomic E-state index is 0.317. The van der Waals surface area contributed by atoms with E-state index in [1.807, 2.05) is 30.3 Å². The third-order valence-electron chi connectivity index (χ3n) is 3.21. The molecule has 0 spiro atoms. The molecule has 1 fully saturated rings. The molecule has 1 aromatic rings. The van der Waals surface area contributed by atoms with Gasteiger partial charge in [-0.1, -0.05) is 30.3 Å². The normalized spacial score (nSPS) is 22.2. The molecule has 0 aromatic heterocycles. The average Bonchev–Trinajstić information content (AvgIpc) is 2.83. The van der Waals surface area contributed by atoms with Gasteiger partial charge in [0.1, 0.15) is 0 Å². The number of aliphatic hydroxyl groups excluding tert-OH is 1. The monoisotopic (exact) mass is 220 g/mol. The SMILES string of the molecule is OC(CCCC1CCCO1)c1ccccc1. The van der Waals surface area contributed by atoms with Gasteiger partial charge < -0.3 is 9.84 Å². The quantitative estimate of drug-likeness (QED) is 0.826. The third kappa shape index (κ3) is 3.32. The molecule has 0 amide bonds. The first-order chi connectivity index (χ1) is 7.86. The second kappa shape index (κ2) is 6.02. The van der Waals surface area contributed by atoms with Crippen molar-refractivity contribution in [1.82, 2.24) is 0 Å². The molecule has 0 aliphatic carbocycles. The van der Waals surface area contributed by atoms with Crippen molar-refractivity contribution in [2.45, 2.75) is 44.3 Å². The van der Waals surface area contributed by atoms with Crippen molar-refractivity contribution < 1.29 is 9.84 Å². The van der Waals surface area contributed by atoms with Crippen molar-refractivity contribution in [3.05, 3.63) is 35.9 Å². The molecular weight excluding hydrogens is 200 g/mol. The summed E-state index contributed by atoms with van der Waals surface area (Å²) in [5, 5.41) is 9.95. The van der Waals surface area contributed by atoms with Crippen LogP contribution in [0.15, 0.2) is 30.3 Å². The van der Waals surface area contributed by atoms with Gasteiger partial charge in [-0.3, -0.25) is 0 Å². The van der Waals surface area contributed by atoms with E-state index in [9.17, 15) is 5.11 Å². The van der Waals surface area contributed by atoms with Crippen LogP contribution in [-0.2, 0) is 4.74 Å². The van der Waals surface area contributed by atoms with E-state index in [4.69, 9.17) is 4.74 Å². The molecule has 1 aliphatic heterocycles. The van der Waals surface area contributed by atoms with Crippen LogP contribution >= 0.6 is 0 Å². The van der Waals surface area contributed by atoms with Crippen molar-refractivity contribution >= 4 is 0 Å². The fraction of sp³-hybridized carbons (Fsp3) is 0.571. The second-order valence-electron chi connectivity index (χ2n) is 4.49. The Balaban J connectivity index is 1.69. The van der Waals surface area contributed by atoms with Crippen LogP contribution < -0.4 is 0 Å². The maximum atomic E-state index is 9.95. The van der Waals surface area contributed by atoms with E-state index in [0.717, 1.165) is 31.4 Å². The lowest BCUT2D eigenvalue weighted by molar-refractivity contribution is 0.0945. The van der Waals surface area contributed by atoms with Crippen molar-refractivity contribution in [1.29, 1.82) is 0 Å². The highest BCUT2D eigenvalue weighted by Gasteiger charge is 2.15. The smallest absolute Gasteiger partial charge is 0.0790 e. The van der Waals surface area contributed by atoms with E-state index >= 15 is 0 Å². The van der Waals surface area contributed by atoms with Gasteiger partial charge >= 0.3 is 0 Å². The number of ether oxygens (including phenoxy) is 1. The van der Waals surface area contributed by atoms with Crippen LogP contribution in [0, 0.1) is 0 Å². The van der Waals surface area contributed by atoms with Gasteiger partial charge in [-0.05, 0) is 37.7 Å². The summed E-state index contributed by atoms with van der Waals surface area (Å²) in [6, 6.07) is 9.88. The maximum Gasteiger partial charge on any atom is 0.0790 e. The lowest BCUT2D eigenvalue weighted by Gasteiger charge is -2.13. The fourth-order valence-corrected chi connectivity index (χ4v) is 2.25. The first-order valence-corrected chi connectivity index (χ1v) is 6.21. The Hall–Kier alpha value is -0.860. The number of hydrogen-bond acceptors (Lipinski definition) is 2. The predicted octanol–water partition coefficient (Wildman–Crippen LogP) is 3.07. The summed E-state index contributed by atoms with van der Waals surface area (Å²) in [6.07, 6.45) is 5.49. The Bertz CT molecular complexity index is 291. The Labute approximate surface area is 97.3 Å². The Morgan fingerprint density at radius 3 is 2.81 bits per heavy atom. The standard InChI is InChI=1S/C14H20O2/c15-14(12-6-2-1-3-7-12)10-4-8-13-9-5-11-16-13/h1-3,6-7,13-15H,4-5,8-11H2. The number of benzene rings is 1. The molecule has 2 nitrogen and oxygen atoms in total. The van der Waals surface area contributed by atoms with Crippen LogP contribution in [0.4, 0.5) is 0 Å². The van der Waals surface area contributed by atoms with Crippen molar-refractivity contribution in [2.24, 2.45) is 0 Å². The molecule has 1 aromatic carbocycles. The summed E-state index contributed by atoms with van der Waals surface area (Å²) >= 11 is 0. The molecule has 0 saturated carbocycles. The molecule has 2 unspecified atom stereocenters. The molecular formula is C14H20O2. The van der Waals surface area contributed by atoms with Gasteiger partial charge in [-0.15, -0.1) is 0 Å². The Kier molecular flexibility index (Phi) is 4.37. The van der Waals surface area contributed by atoms with Gasteiger partial charge in [0.15, 0.2) is 0 Å². The van der Waals surface area contributed by atoms with Crippen molar-refractivity contribution in [2.75, 3.05) is 6.61 Å². The van der Waals surface area contributed by atoms with Crippen LogP contribution in [-0.4, -0.2) is 17.8 Å².